The van der Waals surface area contributed by atoms with Gasteiger partial charge >= 0.3 is 0 Å². The smallest absolute Gasteiger partial charge is 0.223 e. The summed E-state index contributed by atoms with van der Waals surface area (Å²) in [6.45, 7) is 2.04. The monoisotopic (exact) mass is 259 g/mol. The minimum absolute atomic E-state index is 0.0284. The zero-order chi connectivity index (χ0) is 12.1. The van der Waals surface area contributed by atoms with Crippen molar-refractivity contribution >= 4 is 17.5 Å². The van der Waals surface area contributed by atoms with E-state index in [2.05, 4.69) is 0 Å². The molecule has 1 saturated carbocycles. The number of halogens is 1. The Kier molecular flexibility index (Phi) is 5.11. The zero-order valence-electron chi connectivity index (χ0n) is 10.4. The second-order valence-corrected chi connectivity index (χ2v) is 5.50. The highest BCUT2D eigenvalue weighted by atomic mass is 35.5. The normalized spacial score (nSPS) is 27.1. The third kappa shape index (κ3) is 3.85. The number of hydrogen-bond donors (Lipinski definition) is 0. The highest BCUT2D eigenvalue weighted by Gasteiger charge is 2.26. The lowest BCUT2D eigenvalue weighted by atomic mass is 9.86. The van der Waals surface area contributed by atoms with Gasteiger partial charge in [-0.1, -0.05) is 19.3 Å². The van der Waals surface area contributed by atoms with E-state index in [0.29, 0.717) is 30.9 Å². The van der Waals surface area contributed by atoms with E-state index in [4.69, 9.17) is 16.3 Å². The minimum atomic E-state index is 0.0284. The molecular formula is C13H22ClNO2. The lowest BCUT2D eigenvalue weighted by molar-refractivity contribution is -0.139. The molecule has 1 aliphatic carbocycles. The van der Waals surface area contributed by atoms with Crippen molar-refractivity contribution in [3.63, 3.8) is 0 Å². The van der Waals surface area contributed by atoms with Crippen LogP contribution in [0, 0.1) is 5.92 Å². The van der Waals surface area contributed by atoms with Gasteiger partial charge in [0.25, 0.3) is 0 Å². The van der Waals surface area contributed by atoms with E-state index in [0.717, 1.165) is 13.0 Å². The van der Waals surface area contributed by atoms with Gasteiger partial charge in [0.2, 0.25) is 5.91 Å². The van der Waals surface area contributed by atoms with Gasteiger partial charge in [0.05, 0.1) is 18.6 Å². The molecule has 0 radical (unpaired) electrons. The maximum atomic E-state index is 12.2. The summed E-state index contributed by atoms with van der Waals surface area (Å²) in [5.74, 6) is 1.40. The van der Waals surface area contributed by atoms with Crippen LogP contribution in [0.25, 0.3) is 0 Å². The van der Waals surface area contributed by atoms with E-state index in [1.165, 1.54) is 32.1 Å². The first kappa shape index (κ1) is 13.2. The number of ether oxygens (including phenoxy) is 1. The van der Waals surface area contributed by atoms with Crippen LogP contribution in [0.15, 0.2) is 0 Å². The van der Waals surface area contributed by atoms with Gasteiger partial charge in [-0.15, -0.1) is 11.6 Å². The van der Waals surface area contributed by atoms with Gasteiger partial charge in [-0.2, -0.15) is 0 Å². The molecule has 0 aromatic carbocycles. The van der Waals surface area contributed by atoms with Gasteiger partial charge in [-0.3, -0.25) is 4.79 Å². The Morgan fingerprint density at radius 2 is 2.06 bits per heavy atom. The average molecular weight is 260 g/mol. The SMILES string of the molecule is O=C(CC1CCCCC1)N1CCOC(CCl)C1. The average Bonchev–Trinajstić information content (AvgIpc) is 2.40. The summed E-state index contributed by atoms with van der Waals surface area (Å²) in [6.07, 6.45) is 7.16. The number of morpholine rings is 1. The summed E-state index contributed by atoms with van der Waals surface area (Å²) in [6, 6.07) is 0. The molecule has 1 unspecified atom stereocenters. The third-order valence-corrected chi connectivity index (χ3v) is 4.20. The first-order valence-electron chi connectivity index (χ1n) is 6.75. The van der Waals surface area contributed by atoms with Crippen LogP contribution in [-0.4, -0.2) is 42.5 Å². The van der Waals surface area contributed by atoms with Crippen molar-refractivity contribution in [2.75, 3.05) is 25.6 Å². The molecule has 1 heterocycles. The maximum Gasteiger partial charge on any atom is 0.223 e. The number of rotatable bonds is 3. The number of carbonyl (C=O) groups is 1. The molecule has 98 valence electrons. The third-order valence-electron chi connectivity index (χ3n) is 3.85. The summed E-state index contributed by atoms with van der Waals surface area (Å²) in [5, 5.41) is 0. The van der Waals surface area contributed by atoms with Gasteiger partial charge in [0, 0.05) is 19.5 Å². The number of nitrogens with zero attached hydrogens (tertiary/aromatic N) is 1. The molecule has 0 N–H and O–H groups in total. The Hall–Kier alpha value is -0.280. The number of alkyl halides is 1. The second kappa shape index (κ2) is 6.60. The largest absolute Gasteiger partial charge is 0.373 e. The van der Waals surface area contributed by atoms with Gasteiger partial charge in [-0.05, 0) is 18.8 Å². The Morgan fingerprint density at radius 1 is 1.29 bits per heavy atom. The van der Waals surface area contributed by atoms with Crippen LogP contribution in [0.5, 0.6) is 0 Å². The topological polar surface area (TPSA) is 29.5 Å². The molecule has 1 saturated heterocycles. The van der Waals surface area contributed by atoms with Gasteiger partial charge in [-0.25, -0.2) is 0 Å². The molecule has 1 amide bonds. The van der Waals surface area contributed by atoms with Crippen LogP contribution in [-0.2, 0) is 9.53 Å². The van der Waals surface area contributed by atoms with Gasteiger partial charge in [0.15, 0.2) is 0 Å². The first-order valence-corrected chi connectivity index (χ1v) is 7.28. The van der Waals surface area contributed by atoms with Crippen LogP contribution >= 0.6 is 11.6 Å². The van der Waals surface area contributed by atoms with E-state index in [1.807, 2.05) is 4.90 Å². The standard InChI is InChI=1S/C13H22ClNO2/c14-9-12-10-15(6-7-17-12)13(16)8-11-4-2-1-3-5-11/h11-12H,1-10H2. The predicted molar refractivity (Wildman–Crippen MR) is 68.2 cm³/mol. The van der Waals surface area contributed by atoms with Crippen LogP contribution in [0.2, 0.25) is 0 Å². The van der Waals surface area contributed by atoms with E-state index >= 15 is 0 Å². The Labute approximate surface area is 108 Å². The highest BCUT2D eigenvalue weighted by Crippen LogP contribution is 2.27. The molecule has 2 rings (SSSR count). The molecule has 4 heteroatoms. The number of amides is 1. The van der Waals surface area contributed by atoms with Crippen molar-refractivity contribution < 1.29 is 9.53 Å². The summed E-state index contributed by atoms with van der Waals surface area (Å²) in [5.41, 5.74) is 0. The lowest BCUT2D eigenvalue weighted by Gasteiger charge is -2.33. The van der Waals surface area contributed by atoms with E-state index in [-0.39, 0.29) is 6.10 Å². The van der Waals surface area contributed by atoms with Gasteiger partial charge < -0.3 is 9.64 Å². The summed E-state index contributed by atoms with van der Waals surface area (Å²) in [4.78, 5) is 14.1. The molecule has 3 nitrogen and oxygen atoms in total. The molecule has 0 aromatic rings. The Balaban J connectivity index is 1.78. The van der Waals surface area contributed by atoms with Crippen LogP contribution in [0.1, 0.15) is 38.5 Å². The minimum Gasteiger partial charge on any atom is -0.373 e. The van der Waals surface area contributed by atoms with E-state index < -0.39 is 0 Å². The molecule has 17 heavy (non-hydrogen) atoms. The summed E-state index contributed by atoms with van der Waals surface area (Å²) >= 11 is 5.78. The predicted octanol–water partition coefficient (Wildman–Crippen LogP) is 2.42. The van der Waals surface area contributed by atoms with Crippen molar-refractivity contribution in [2.45, 2.75) is 44.6 Å². The Morgan fingerprint density at radius 3 is 2.76 bits per heavy atom. The fourth-order valence-electron chi connectivity index (χ4n) is 2.81. The van der Waals surface area contributed by atoms with Crippen molar-refractivity contribution in [2.24, 2.45) is 5.92 Å². The first-order chi connectivity index (χ1) is 8.29. The number of hydrogen-bond acceptors (Lipinski definition) is 2. The summed E-state index contributed by atoms with van der Waals surface area (Å²) in [7, 11) is 0. The molecule has 0 spiro atoms. The Bertz CT molecular complexity index is 254. The van der Waals surface area contributed by atoms with Crippen LogP contribution < -0.4 is 0 Å². The van der Waals surface area contributed by atoms with Crippen LogP contribution in [0.3, 0.4) is 0 Å². The zero-order valence-corrected chi connectivity index (χ0v) is 11.1. The maximum absolute atomic E-state index is 12.2. The second-order valence-electron chi connectivity index (χ2n) is 5.20. The molecule has 2 aliphatic rings. The molecule has 0 aromatic heterocycles. The molecular weight excluding hydrogens is 238 g/mol. The molecule has 2 fully saturated rings. The highest BCUT2D eigenvalue weighted by molar-refractivity contribution is 6.18. The van der Waals surface area contributed by atoms with Crippen LogP contribution in [0.4, 0.5) is 0 Å². The number of carbonyl (C=O) groups excluding carboxylic acids is 1. The van der Waals surface area contributed by atoms with Gasteiger partial charge in [0.1, 0.15) is 0 Å². The molecule has 0 bridgehead atoms. The molecule has 1 atom stereocenters. The fourth-order valence-corrected chi connectivity index (χ4v) is 2.99. The van der Waals surface area contributed by atoms with Crippen molar-refractivity contribution in [1.82, 2.24) is 4.90 Å². The quantitative estimate of drug-likeness (QED) is 0.729. The fraction of sp³-hybridized carbons (Fsp3) is 0.923. The van der Waals surface area contributed by atoms with Crippen molar-refractivity contribution in [1.29, 1.82) is 0 Å². The van der Waals surface area contributed by atoms with E-state index in [9.17, 15) is 4.79 Å². The lowest BCUT2D eigenvalue weighted by Crippen LogP contribution is -2.46. The summed E-state index contributed by atoms with van der Waals surface area (Å²) < 4.78 is 5.47. The molecule has 1 aliphatic heterocycles. The van der Waals surface area contributed by atoms with E-state index in [1.54, 1.807) is 0 Å². The van der Waals surface area contributed by atoms with Crippen molar-refractivity contribution in [3.05, 3.63) is 0 Å². The van der Waals surface area contributed by atoms with Crippen molar-refractivity contribution in [3.8, 4) is 0 Å².